The van der Waals surface area contributed by atoms with Crippen LogP contribution in [0.2, 0.25) is 0 Å². The molecule has 19 heavy (non-hydrogen) atoms. The van der Waals surface area contributed by atoms with Crippen LogP contribution in [0.3, 0.4) is 0 Å². The number of nitrogens with two attached hydrogens (primary N) is 1. The van der Waals surface area contributed by atoms with Crippen LogP contribution in [0, 0.1) is 6.92 Å². The molecular weight excluding hydrogens is 253 g/mol. The Morgan fingerprint density at radius 3 is 2.53 bits per heavy atom. The summed E-state index contributed by atoms with van der Waals surface area (Å²) in [6.45, 7) is 3.70. The monoisotopic (exact) mass is 268 g/mol. The zero-order chi connectivity index (χ0) is 14.2. The number of hydrogen-bond acceptors (Lipinski definition) is 2. The molecule has 0 spiro atoms. The lowest BCUT2D eigenvalue weighted by Crippen LogP contribution is -2.18. The maximum absolute atomic E-state index is 12.7. The number of fused-ring (bicyclic) bond motifs is 1. The molecular formula is C14H15F3N2. The van der Waals surface area contributed by atoms with E-state index in [9.17, 15) is 13.2 Å². The Morgan fingerprint density at radius 1 is 1.26 bits per heavy atom. The first kappa shape index (κ1) is 13.8. The minimum absolute atomic E-state index is 0.0739. The second-order valence-corrected chi connectivity index (χ2v) is 4.84. The number of benzene rings is 1. The zero-order valence-corrected chi connectivity index (χ0v) is 10.8. The summed E-state index contributed by atoms with van der Waals surface area (Å²) in [6.07, 6.45) is -3.80. The van der Waals surface area contributed by atoms with Crippen LogP contribution in [-0.2, 0) is 12.6 Å². The van der Waals surface area contributed by atoms with Crippen LogP contribution >= 0.6 is 0 Å². The van der Waals surface area contributed by atoms with Gasteiger partial charge in [-0.05, 0) is 37.6 Å². The van der Waals surface area contributed by atoms with E-state index in [1.165, 1.54) is 6.07 Å². The molecule has 2 N–H and O–H groups in total. The maximum Gasteiger partial charge on any atom is 0.416 e. The molecule has 102 valence electrons. The van der Waals surface area contributed by atoms with Crippen LogP contribution in [-0.4, -0.2) is 11.0 Å². The third-order valence-electron chi connectivity index (χ3n) is 2.93. The lowest BCUT2D eigenvalue weighted by molar-refractivity contribution is -0.137. The summed E-state index contributed by atoms with van der Waals surface area (Å²) < 4.78 is 38.0. The van der Waals surface area contributed by atoms with Gasteiger partial charge in [0.15, 0.2) is 0 Å². The molecule has 0 aliphatic rings. The second kappa shape index (κ2) is 4.81. The molecule has 2 rings (SSSR count). The predicted octanol–water partition coefficient (Wildman–Crippen LogP) is 3.45. The highest BCUT2D eigenvalue weighted by Gasteiger charge is 2.30. The molecule has 1 aromatic carbocycles. The van der Waals surface area contributed by atoms with E-state index in [1.54, 1.807) is 0 Å². The Hall–Kier alpha value is -1.62. The van der Waals surface area contributed by atoms with Gasteiger partial charge < -0.3 is 5.73 Å². The van der Waals surface area contributed by atoms with Gasteiger partial charge in [-0.15, -0.1) is 0 Å². The molecule has 2 aromatic rings. The summed E-state index contributed by atoms with van der Waals surface area (Å²) in [6, 6.07) is 5.44. The fourth-order valence-corrected chi connectivity index (χ4v) is 2.08. The van der Waals surface area contributed by atoms with Crippen molar-refractivity contribution in [2.75, 3.05) is 0 Å². The number of alkyl halides is 3. The maximum atomic E-state index is 12.7. The zero-order valence-electron chi connectivity index (χ0n) is 10.8. The van der Waals surface area contributed by atoms with Crippen LogP contribution in [0.4, 0.5) is 13.2 Å². The van der Waals surface area contributed by atoms with E-state index in [1.807, 2.05) is 19.9 Å². The van der Waals surface area contributed by atoms with Crippen LogP contribution in [0.1, 0.15) is 23.7 Å². The SMILES string of the molecule is Cc1cc(CC(C)N)nc2cc(C(F)(F)F)ccc12. The lowest BCUT2D eigenvalue weighted by Gasteiger charge is -2.11. The van der Waals surface area contributed by atoms with Crippen molar-refractivity contribution in [2.24, 2.45) is 5.73 Å². The van der Waals surface area contributed by atoms with Crippen molar-refractivity contribution in [3.8, 4) is 0 Å². The number of halogens is 3. The fraction of sp³-hybridized carbons (Fsp3) is 0.357. The highest BCUT2D eigenvalue weighted by molar-refractivity contribution is 5.83. The van der Waals surface area contributed by atoms with E-state index in [0.717, 1.165) is 28.8 Å². The number of rotatable bonds is 2. The Morgan fingerprint density at radius 2 is 1.95 bits per heavy atom. The number of aryl methyl sites for hydroxylation is 1. The van der Waals surface area contributed by atoms with E-state index < -0.39 is 11.7 Å². The number of aromatic nitrogens is 1. The van der Waals surface area contributed by atoms with Gasteiger partial charge in [0, 0.05) is 23.5 Å². The van der Waals surface area contributed by atoms with Gasteiger partial charge in [0.25, 0.3) is 0 Å². The quantitative estimate of drug-likeness (QED) is 0.906. The first-order chi connectivity index (χ1) is 8.77. The van der Waals surface area contributed by atoms with Gasteiger partial charge in [-0.3, -0.25) is 4.98 Å². The molecule has 0 saturated heterocycles. The van der Waals surface area contributed by atoms with Crippen molar-refractivity contribution in [1.82, 2.24) is 4.98 Å². The molecule has 1 heterocycles. The average Bonchev–Trinajstić information content (AvgIpc) is 2.26. The Kier molecular flexibility index (Phi) is 3.49. The summed E-state index contributed by atoms with van der Waals surface area (Å²) >= 11 is 0. The number of pyridine rings is 1. The van der Waals surface area contributed by atoms with Gasteiger partial charge in [0.2, 0.25) is 0 Å². The third kappa shape index (κ3) is 3.04. The molecule has 2 nitrogen and oxygen atoms in total. The largest absolute Gasteiger partial charge is 0.416 e. The molecule has 5 heteroatoms. The first-order valence-electron chi connectivity index (χ1n) is 6.00. The van der Waals surface area contributed by atoms with Crippen LogP contribution in [0.15, 0.2) is 24.3 Å². The number of nitrogens with zero attached hydrogens (tertiary/aromatic N) is 1. The highest BCUT2D eigenvalue weighted by Crippen LogP contribution is 2.31. The van der Waals surface area contributed by atoms with E-state index in [4.69, 9.17) is 5.73 Å². The lowest BCUT2D eigenvalue weighted by atomic mass is 10.0. The van der Waals surface area contributed by atoms with Crippen molar-refractivity contribution in [3.63, 3.8) is 0 Å². The van der Waals surface area contributed by atoms with Crippen molar-refractivity contribution in [2.45, 2.75) is 32.5 Å². The highest BCUT2D eigenvalue weighted by atomic mass is 19.4. The third-order valence-corrected chi connectivity index (χ3v) is 2.93. The minimum atomic E-state index is -4.35. The molecule has 0 saturated carbocycles. The van der Waals surface area contributed by atoms with Crippen LogP contribution < -0.4 is 5.73 Å². The van der Waals surface area contributed by atoms with Crippen LogP contribution in [0.25, 0.3) is 10.9 Å². The Bertz CT molecular complexity index is 603. The fourth-order valence-electron chi connectivity index (χ4n) is 2.08. The predicted molar refractivity (Wildman–Crippen MR) is 68.8 cm³/mol. The van der Waals surface area contributed by atoms with Gasteiger partial charge >= 0.3 is 6.18 Å². The second-order valence-electron chi connectivity index (χ2n) is 4.84. The topological polar surface area (TPSA) is 38.9 Å². The molecule has 0 bridgehead atoms. The summed E-state index contributed by atoms with van der Waals surface area (Å²) in [4.78, 5) is 4.27. The normalized spacial score (nSPS) is 13.8. The van der Waals surface area contributed by atoms with Crippen molar-refractivity contribution in [1.29, 1.82) is 0 Å². The van der Waals surface area contributed by atoms with Gasteiger partial charge in [-0.25, -0.2) is 0 Å². The summed E-state index contributed by atoms with van der Waals surface area (Å²) in [7, 11) is 0. The van der Waals surface area contributed by atoms with Gasteiger partial charge in [-0.1, -0.05) is 6.07 Å². The number of hydrogen-bond donors (Lipinski definition) is 1. The molecule has 0 aliphatic carbocycles. The summed E-state index contributed by atoms with van der Waals surface area (Å²) in [5.41, 5.74) is 7.02. The van der Waals surface area contributed by atoms with E-state index in [-0.39, 0.29) is 6.04 Å². The molecule has 0 radical (unpaired) electrons. The minimum Gasteiger partial charge on any atom is -0.328 e. The van der Waals surface area contributed by atoms with Gasteiger partial charge in [0.1, 0.15) is 0 Å². The average molecular weight is 268 g/mol. The summed E-state index contributed by atoms with van der Waals surface area (Å²) in [5, 5.41) is 0.737. The van der Waals surface area contributed by atoms with E-state index in [2.05, 4.69) is 4.98 Å². The van der Waals surface area contributed by atoms with Gasteiger partial charge in [-0.2, -0.15) is 13.2 Å². The molecule has 1 aromatic heterocycles. The molecule has 0 aliphatic heterocycles. The van der Waals surface area contributed by atoms with Crippen LogP contribution in [0.5, 0.6) is 0 Å². The van der Waals surface area contributed by atoms with Gasteiger partial charge in [0.05, 0.1) is 11.1 Å². The molecule has 1 atom stereocenters. The Balaban J connectivity index is 2.56. The molecule has 0 fully saturated rings. The van der Waals surface area contributed by atoms with E-state index in [0.29, 0.717) is 11.9 Å². The smallest absolute Gasteiger partial charge is 0.328 e. The standard InChI is InChI=1S/C14H15F3N2/c1-8-5-11(6-9(2)18)19-13-7-10(14(15,16)17)3-4-12(8)13/h3-5,7,9H,6,18H2,1-2H3. The molecule has 0 amide bonds. The van der Waals surface area contributed by atoms with Crippen molar-refractivity contribution >= 4 is 10.9 Å². The molecule has 1 unspecified atom stereocenters. The van der Waals surface area contributed by atoms with Crippen molar-refractivity contribution in [3.05, 3.63) is 41.1 Å². The van der Waals surface area contributed by atoms with E-state index >= 15 is 0 Å². The van der Waals surface area contributed by atoms with Crippen molar-refractivity contribution < 1.29 is 13.2 Å². The summed E-state index contributed by atoms with van der Waals surface area (Å²) in [5.74, 6) is 0. The Labute approximate surface area is 109 Å². The first-order valence-corrected chi connectivity index (χ1v) is 6.00.